The molecular formula is C16H20FNO. The van der Waals surface area contributed by atoms with Gasteiger partial charge in [0.05, 0.1) is 12.3 Å². The maximum Gasteiger partial charge on any atom is 0.128 e. The fourth-order valence-electron chi connectivity index (χ4n) is 2.50. The SMILES string of the molecule is CCNC(c1occc1C)c1c(C)cc(C)cc1F. The molecule has 3 heteroatoms. The number of nitrogens with one attached hydrogen (secondary N) is 1. The number of benzene rings is 1. The molecule has 0 aliphatic carbocycles. The van der Waals surface area contributed by atoms with E-state index in [2.05, 4.69) is 5.32 Å². The summed E-state index contributed by atoms with van der Waals surface area (Å²) in [6.45, 7) is 8.57. The van der Waals surface area contributed by atoms with E-state index in [1.54, 1.807) is 12.3 Å². The first kappa shape index (κ1) is 13.8. The first-order chi connectivity index (χ1) is 9.04. The minimum atomic E-state index is -0.236. The van der Waals surface area contributed by atoms with Gasteiger partial charge in [-0.2, -0.15) is 0 Å². The van der Waals surface area contributed by atoms with Gasteiger partial charge in [-0.3, -0.25) is 0 Å². The van der Waals surface area contributed by atoms with Gasteiger partial charge in [-0.05, 0) is 56.1 Å². The zero-order valence-electron chi connectivity index (χ0n) is 11.9. The Morgan fingerprint density at radius 2 is 1.95 bits per heavy atom. The Morgan fingerprint density at radius 3 is 2.47 bits per heavy atom. The Hall–Kier alpha value is -1.61. The van der Waals surface area contributed by atoms with Crippen LogP contribution in [0, 0.1) is 26.6 Å². The molecule has 1 unspecified atom stereocenters. The van der Waals surface area contributed by atoms with E-state index in [1.165, 1.54) is 0 Å². The van der Waals surface area contributed by atoms with Gasteiger partial charge in [0.2, 0.25) is 0 Å². The second-order valence-corrected chi connectivity index (χ2v) is 4.94. The largest absolute Gasteiger partial charge is 0.467 e. The lowest BCUT2D eigenvalue weighted by Crippen LogP contribution is -2.24. The number of hydrogen-bond acceptors (Lipinski definition) is 2. The first-order valence-electron chi connectivity index (χ1n) is 6.58. The van der Waals surface area contributed by atoms with Gasteiger partial charge in [0.25, 0.3) is 0 Å². The summed E-state index contributed by atoms with van der Waals surface area (Å²) in [5.74, 6) is 0.604. The molecule has 2 aromatic rings. The molecule has 19 heavy (non-hydrogen) atoms. The second kappa shape index (κ2) is 5.57. The molecule has 0 bridgehead atoms. The standard InChI is InChI=1S/C16H20FNO/c1-5-18-15(16-11(3)6-7-19-16)14-12(4)8-10(2)9-13(14)17/h6-9,15,18H,5H2,1-4H3. The summed E-state index contributed by atoms with van der Waals surface area (Å²) in [6, 6.07) is 5.24. The lowest BCUT2D eigenvalue weighted by Gasteiger charge is -2.20. The van der Waals surface area contributed by atoms with E-state index >= 15 is 0 Å². The van der Waals surface area contributed by atoms with Crippen molar-refractivity contribution >= 4 is 0 Å². The third-order valence-electron chi connectivity index (χ3n) is 3.34. The van der Waals surface area contributed by atoms with E-state index < -0.39 is 0 Å². The number of halogens is 1. The van der Waals surface area contributed by atoms with Crippen LogP contribution >= 0.6 is 0 Å². The molecule has 0 spiro atoms. The quantitative estimate of drug-likeness (QED) is 0.898. The van der Waals surface area contributed by atoms with Crippen molar-refractivity contribution in [2.75, 3.05) is 6.54 Å². The van der Waals surface area contributed by atoms with Crippen molar-refractivity contribution in [3.05, 3.63) is 58.3 Å². The molecular weight excluding hydrogens is 241 g/mol. The number of hydrogen-bond donors (Lipinski definition) is 1. The van der Waals surface area contributed by atoms with Gasteiger partial charge in [0, 0.05) is 5.56 Å². The molecule has 0 saturated heterocycles. The van der Waals surface area contributed by atoms with E-state index in [1.807, 2.05) is 39.8 Å². The predicted molar refractivity (Wildman–Crippen MR) is 74.8 cm³/mol. The summed E-state index contributed by atoms with van der Waals surface area (Å²) in [6.07, 6.45) is 1.65. The zero-order valence-corrected chi connectivity index (χ0v) is 11.9. The molecule has 0 fully saturated rings. The van der Waals surface area contributed by atoms with Crippen LogP contribution in [0.4, 0.5) is 4.39 Å². The number of aryl methyl sites for hydroxylation is 3. The maximum absolute atomic E-state index is 14.3. The number of furan rings is 1. The van der Waals surface area contributed by atoms with Crippen LogP contribution in [-0.2, 0) is 0 Å². The molecule has 1 heterocycles. The minimum absolute atomic E-state index is 0.181. The third kappa shape index (κ3) is 2.71. The van der Waals surface area contributed by atoms with Gasteiger partial charge < -0.3 is 9.73 Å². The van der Waals surface area contributed by atoms with Gasteiger partial charge in [0.1, 0.15) is 11.6 Å². The predicted octanol–water partition coefficient (Wildman–Crippen LogP) is 4.04. The Kier molecular flexibility index (Phi) is 4.05. The van der Waals surface area contributed by atoms with Gasteiger partial charge in [0.15, 0.2) is 0 Å². The lowest BCUT2D eigenvalue weighted by atomic mass is 9.95. The Balaban J connectivity index is 2.54. The van der Waals surface area contributed by atoms with E-state index in [0.717, 1.165) is 29.0 Å². The van der Waals surface area contributed by atoms with Crippen molar-refractivity contribution in [1.82, 2.24) is 5.32 Å². The van der Waals surface area contributed by atoms with Crippen LogP contribution in [0.3, 0.4) is 0 Å². The summed E-state index contributed by atoms with van der Waals surface area (Å²) in [7, 11) is 0. The molecule has 0 aliphatic rings. The summed E-state index contributed by atoms with van der Waals surface area (Å²) < 4.78 is 19.9. The summed E-state index contributed by atoms with van der Waals surface area (Å²) >= 11 is 0. The number of rotatable bonds is 4. The molecule has 1 N–H and O–H groups in total. The van der Waals surface area contributed by atoms with Crippen LogP contribution in [-0.4, -0.2) is 6.54 Å². The van der Waals surface area contributed by atoms with Gasteiger partial charge in [-0.1, -0.05) is 13.0 Å². The normalized spacial score (nSPS) is 12.7. The summed E-state index contributed by atoms with van der Waals surface area (Å²) in [4.78, 5) is 0. The fourth-order valence-corrected chi connectivity index (χ4v) is 2.50. The Labute approximate surface area is 113 Å². The summed E-state index contributed by atoms with van der Waals surface area (Å²) in [5.41, 5.74) is 3.58. The van der Waals surface area contributed by atoms with Crippen LogP contribution in [0.5, 0.6) is 0 Å². The van der Waals surface area contributed by atoms with Crippen LogP contribution < -0.4 is 5.32 Å². The average Bonchev–Trinajstić information content (AvgIpc) is 2.73. The van der Waals surface area contributed by atoms with Gasteiger partial charge in [-0.25, -0.2) is 4.39 Å². The topological polar surface area (TPSA) is 25.2 Å². The molecule has 1 atom stereocenters. The van der Waals surface area contributed by atoms with E-state index in [-0.39, 0.29) is 11.9 Å². The minimum Gasteiger partial charge on any atom is -0.467 e. The van der Waals surface area contributed by atoms with Gasteiger partial charge >= 0.3 is 0 Å². The summed E-state index contributed by atoms with van der Waals surface area (Å²) in [5, 5.41) is 3.31. The molecule has 2 nitrogen and oxygen atoms in total. The first-order valence-corrected chi connectivity index (χ1v) is 6.58. The highest BCUT2D eigenvalue weighted by atomic mass is 19.1. The molecule has 2 rings (SSSR count). The van der Waals surface area contributed by atoms with Crippen LogP contribution in [0.1, 0.15) is 41.0 Å². The molecule has 0 radical (unpaired) electrons. The molecule has 0 saturated carbocycles. The smallest absolute Gasteiger partial charge is 0.128 e. The molecule has 1 aromatic carbocycles. The second-order valence-electron chi connectivity index (χ2n) is 4.94. The third-order valence-corrected chi connectivity index (χ3v) is 3.34. The van der Waals surface area contributed by atoms with Gasteiger partial charge in [-0.15, -0.1) is 0 Å². The molecule has 0 aliphatic heterocycles. The molecule has 102 valence electrons. The zero-order chi connectivity index (χ0) is 14.0. The van der Waals surface area contributed by atoms with Crippen molar-refractivity contribution in [2.24, 2.45) is 0 Å². The average molecular weight is 261 g/mol. The van der Waals surface area contributed by atoms with Crippen molar-refractivity contribution in [3.8, 4) is 0 Å². The maximum atomic E-state index is 14.3. The molecule has 0 amide bonds. The van der Waals surface area contributed by atoms with Crippen molar-refractivity contribution in [3.63, 3.8) is 0 Å². The van der Waals surface area contributed by atoms with Crippen LogP contribution in [0.15, 0.2) is 28.9 Å². The van der Waals surface area contributed by atoms with E-state index in [4.69, 9.17) is 4.42 Å². The van der Waals surface area contributed by atoms with E-state index in [9.17, 15) is 4.39 Å². The van der Waals surface area contributed by atoms with Crippen molar-refractivity contribution in [2.45, 2.75) is 33.7 Å². The molecule has 1 aromatic heterocycles. The highest BCUT2D eigenvalue weighted by Gasteiger charge is 2.23. The van der Waals surface area contributed by atoms with Crippen LogP contribution in [0.2, 0.25) is 0 Å². The van der Waals surface area contributed by atoms with E-state index in [0.29, 0.717) is 5.56 Å². The Morgan fingerprint density at radius 1 is 1.21 bits per heavy atom. The Bertz CT molecular complexity index is 551. The lowest BCUT2D eigenvalue weighted by molar-refractivity contribution is 0.437. The van der Waals surface area contributed by atoms with Crippen LogP contribution in [0.25, 0.3) is 0 Å². The monoisotopic (exact) mass is 261 g/mol. The van der Waals surface area contributed by atoms with Crippen molar-refractivity contribution < 1.29 is 8.81 Å². The highest BCUT2D eigenvalue weighted by Crippen LogP contribution is 2.30. The fraction of sp³-hybridized carbons (Fsp3) is 0.375. The van der Waals surface area contributed by atoms with Crippen molar-refractivity contribution in [1.29, 1.82) is 0 Å². The highest BCUT2D eigenvalue weighted by molar-refractivity contribution is 5.39.